The molecule has 9 nitrogen and oxygen atoms in total. The first kappa shape index (κ1) is 14.6. The maximum Gasteiger partial charge on any atom is 0.434 e. The quantitative estimate of drug-likeness (QED) is 0.407. The summed E-state index contributed by atoms with van der Waals surface area (Å²) >= 11 is 0. The SMILES string of the molecule is CCCNC(=O)C(=O)NCCn1ccnc1[N+](=O)[O-]. The van der Waals surface area contributed by atoms with Crippen molar-refractivity contribution < 1.29 is 14.5 Å². The number of hydrogen-bond donors (Lipinski definition) is 2. The van der Waals surface area contributed by atoms with Crippen LogP contribution in [0.4, 0.5) is 5.95 Å². The van der Waals surface area contributed by atoms with Crippen molar-refractivity contribution >= 4 is 17.8 Å². The summed E-state index contributed by atoms with van der Waals surface area (Å²) in [7, 11) is 0. The van der Waals surface area contributed by atoms with Crippen molar-refractivity contribution in [3.8, 4) is 0 Å². The highest BCUT2D eigenvalue weighted by molar-refractivity contribution is 6.35. The minimum atomic E-state index is -0.754. The Morgan fingerprint density at radius 1 is 1.37 bits per heavy atom. The molecule has 104 valence electrons. The van der Waals surface area contributed by atoms with Gasteiger partial charge in [-0.05, 0) is 11.3 Å². The summed E-state index contributed by atoms with van der Waals surface area (Å²) in [6.07, 6.45) is 3.47. The van der Waals surface area contributed by atoms with Crippen LogP contribution in [0.1, 0.15) is 13.3 Å². The van der Waals surface area contributed by atoms with Crippen LogP contribution in [0.25, 0.3) is 0 Å². The molecule has 0 atom stereocenters. The fraction of sp³-hybridized carbons (Fsp3) is 0.500. The topological polar surface area (TPSA) is 119 Å². The van der Waals surface area contributed by atoms with Crippen LogP contribution in [0.2, 0.25) is 0 Å². The Bertz CT molecular complexity index is 470. The van der Waals surface area contributed by atoms with Crippen LogP contribution < -0.4 is 10.6 Å². The highest BCUT2D eigenvalue weighted by Crippen LogP contribution is 2.05. The van der Waals surface area contributed by atoms with Crippen molar-refractivity contribution in [1.82, 2.24) is 20.2 Å². The molecule has 1 rings (SSSR count). The van der Waals surface area contributed by atoms with Gasteiger partial charge in [0.25, 0.3) is 0 Å². The van der Waals surface area contributed by atoms with Crippen LogP contribution in [0.3, 0.4) is 0 Å². The summed E-state index contributed by atoms with van der Waals surface area (Å²) in [6, 6.07) is 0. The lowest BCUT2D eigenvalue weighted by atomic mass is 10.4. The van der Waals surface area contributed by atoms with Gasteiger partial charge in [0, 0.05) is 13.1 Å². The molecule has 0 aliphatic rings. The minimum absolute atomic E-state index is 0.107. The highest BCUT2D eigenvalue weighted by Gasteiger charge is 2.15. The van der Waals surface area contributed by atoms with Gasteiger partial charge in [-0.1, -0.05) is 11.9 Å². The van der Waals surface area contributed by atoms with Gasteiger partial charge in [-0.3, -0.25) is 9.59 Å². The molecule has 0 bridgehead atoms. The molecule has 0 fully saturated rings. The third kappa shape index (κ3) is 4.37. The van der Waals surface area contributed by atoms with Crippen molar-refractivity contribution in [3.05, 3.63) is 22.5 Å². The number of hydrogen-bond acceptors (Lipinski definition) is 5. The van der Waals surface area contributed by atoms with E-state index in [4.69, 9.17) is 0 Å². The predicted octanol–water partition coefficient (Wildman–Crippen LogP) is -0.566. The Kier molecular flexibility index (Phi) is 5.45. The molecular weight excluding hydrogens is 254 g/mol. The molecule has 2 N–H and O–H groups in total. The van der Waals surface area contributed by atoms with Gasteiger partial charge in [-0.15, -0.1) is 0 Å². The molecule has 0 radical (unpaired) electrons. The minimum Gasteiger partial charge on any atom is -0.390 e. The normalized spacial score (nSPS) is 9.95. The first-order valence-corrected chi connectivity index (χ1v) is 5.77. The monoisotopic (exact) mass is 269 g/mol. The molecule has 1 heterocycles. The number of aromatic nitrogens is 2. The Labute approximate surface area is 109 Å². The molecule has 1 aromatic rings. The predicted molar refractivity (Wildman–Crippen MR) is 65.2 cm³/mol. The van der Waals surface area contributed by atoms with E-state index in [1.54, 1.807) is 0 Å². The molecule has 0 aliphatic heterocycles. The first-order valence-electron chi connectivity index (χ1n) is 5.77. The van der Waals surface area contributed by atoms with Crippen molar-refractivity contribution in [2.45, 2.75) is 19.9 Å². The van der Waals surface area contributed by atoms with Crippen LogP contribution in [-0.2, 0) is 16.1 Å². The fourth-order valence-corrected chi connectivity index (χ4v) is 1.34. The molecule has 1 aromatic heterocycles. The number of carbonyl (C=O) groups is 2. The van der Waals surface area contributed by atoms with Gasteiger partial charge in [-0.2, -0.15) is 0 Å². The Morgan fingerprint density at radius 3 is 2.58 bits per heavy atom. The Hall–Kier alpha value is -2.45. The first-order chi connectivity index (χ1) is 9.06. The highest BCUT2D eigenvalue weighted by atomic mass is 16.6. The Morgan fingerprint density at radius 2 is 2.00 bits per heavy atom. The second kappa shape index (κ2) is 7.09. The molecule has 0 saturated heterocycles. The molecule has 9 heteroatoms. The summed E-state index contributed by atoms with van der Waals surface area (Å²) in [5, 5.41) is 15.4. The van der Waals surface area contributed by atoms with E-state index in [1.807, 2.05) is 6.92 Å². The average Bonchev–Trinajstić information content (AvgIpc) is 2.84. The van der Waals surface area contributed by atoms with Gasteiger partial charge in [0.1, 0.15) is 12.4 Å². The van der Waals surface area contributed by atoms with E-state index in [0.717, 1.165) is 6.42 Å². The summed E-state index contributed by atoms with van der Waals surface area (Å²) in [5.74, 6) is -1.76. The zero-order valence-electron chi connectivity index (χ0n) is 10.5. The van der Waals surface area contributed by atoms with E-state index in [-0.39, 0.29) is 19.0 Å². The molecular formula is C10H15N5O4. The second-order valence-electron chi connectivity index (χ2n) is 3.69. The third-order valence-electron chi connectivity index (χ3n) is 2.24. The fourth-order valence-electron chi connectivity index (χ4n) is 1.34. The molecule has 0 saturated carbocycles. The molecule has 0 spiro atoms. The summed E-state index contributed by atoms with van der Waals surface area (Å²) < 4.78 is 1.28. The molecule has 0 unspecified atom stereocenters. The number of nitrogens with zero attached hydrogens (tertiary/aromatic N) is 3. The van der Waals surface area contributed by atoms with Crippen LogP contribution >= 0.6 is 0 Å². The Balaban J connectivity index is 2.37. The number of amides is 2. The lowest BCUT2D eigenvalue weighted by molar-refractivity contribution is -0.396. The standard InChI is InChI=1S/C10H15N5O4/c1-2-3-11-8(16)9(17)12-4-6-14-7-5-13-10(14)15(18)19/h5,7H,2-4,6H2,1H3,(H,11,16)(H,12,17). The maximum atomic E-state index is 11.3. The summed E-state index contributed by atoms with van der Waals surface area (Å²) in [4.78, 5) is 36.1. The zero-order chi connectivity index (χ0) is 14.3. The van der Waals surface area contributed by atoms with E-state index >= 15 is 0 Å². The van der Waals surface area contributed by atoms with Gasteiger partial charge >= 0.3 is 17.8 Å². The molecule has 2 amide bonds. The van der Waals surface area contributed by atoms with Gasteiger partial charge in [0.05, 0.1) is 6.54 Å². The zero-order valence-corrected chi connectivity index (χ0v) is 10.5. The van der Waals surface area contributed by atoms with Crippen LogP contribution in [-0.4, -0.2) is 39.4 Å². The number of imidazole rings is 1. The van der Waals surface area contributed by atoms with Crippen molar-refractivity contribution in [3.63, 3.8) is 0 Å². The average molecular weight is 269 g/mol. The lowest BCUT2D eigenvalue weighted by Gasteiger charge is -2.05. The molecule has 0 aromatic carbocycles. The van der Waals surface area contributed by atoms with Crippen LogP contribution in [0.5, 0.6) is 0 Å². The van der Waals surface area contributed by atoms with Crippen molar-refractivity contribution in [1.29, 1.82) is 0 Å². The maximum absolute atomic E-state index is 11.3. The summed E-state index contributed by atoms with van der Waals surface area (Å²) in [6.45, 7) is 2.58. The van der Waals surface area contributed by atoms with Gasteiger partial charge < -0.3 is 20.7 Å². The number of carbonyl (C=O) groups excluding carboxylic acids is 2. The molecule has 0 aliphatic carbocycles. The third-order valence-corrected chi connectivity index (χ3v) is 2.24. The van der Waals surface area contributed by atoms with E-state index in [2.05, 4.69) is 15.6 Å². The smallest absolute Gasteiger partial charge is 0.390 e. The van der Waals surface area contributed by atoms with E-state index in [1.165, 1.54) is 17.0 Å². The van der Waals surface area contributed by atoms with E-state index in [0.29, 0.717) is 6.54 Å². The van der Waals surface area contributed by atoms with Gasteiger partial charge in [-0.25, -0.2) is 4.57 Å². The largest absolute Gasteiger partial charge is 0.434 e. The van der Waals surface area contributed by atoms with Crippen molar-refractivity contribution in [2.75, 3.05) is 13.1 Å². The summed E-state index contributed by atoms with van der Waals surface area (Å²) in [5.41, 5.74) is 0. The lowest BCUT2D eigenvalue weighted by Crippen LogP contribution is -2.41. The number of nitro groups is 1. The second-order valence-corrected chi connectivity index (χ2v) is 3.69. The van der Waals surface area contributed by atoms with Crippen LogP contribution in [0, 0.1) is 10.1 Å². The number of rotatable bonds is 6. The van der Waals surface area contributed by atoms with E-state index in [9.17, 15) is 19.7 Å². The number of nitrogens with one attached hydrogen (secondary N) is 2. The molecule has 19 heavy (non-hydrogen) atoms. The van der Waals surface area contributed by atoms with Crippen molar-refractivity contribution in [2.24, 2.45) is 0 Å². The van der Waals surface area contributed by atoms with Gasteiger partial charge in [0.2, 0.25) is 0 Å². The van der Waals surface area contributed by atoms with E-state index < -0.39 is 16.7 Å². The van der Waals surface area contributed by atoms with Gasteiger partial charge in [0.15, 0.2) is 0 Å². The van der Waals surface area contributed by atoms with Crippen LogP contribution in [0.15, 0.2) is 12.4 Å².